The lowest BCUT2D eigenvalue weighted by Crippen LogP contribution is -2.35. The van der Waals surface area contributed by atoms with Crippen molar-refractivity contribution in [2.75, 3.05) is 0 Å². The van der Waals surface area contributed by atoms with E-state index < -0.39 is 5.60 Å². The van der Waals surface area contributed by atoms with E-state index in [0.717, 1.165) is 43.0 Å². The lowest BCUT2D eigenvalue weighted by molar-refractivity contribution is 0.0501. The Labute approximate surface area is 189 Å². The monoisotopic (exact) mass is 469 g/mol. The van der Waals surface area contributed by atoms with E-state index >= 15 is 0 Å². The molecule has 2 aromatic rings. The number of hydrogen-bond donors (Lipinski definition) is 1. The first-order chi connectivity index (χ1) is 14.3. The average Bonchev–Trinajstić information content (AvgIpc) is 2.67. The number of benzene rings is 2. The molecule has 3 nitrogen and oxygen atoms in total. The smallest absolute Gasteiger partial charge is 0.408 e. The summed E-state index contributed by atoms with van der Waals surface area (Å²) in [5.74, 6) is 0. The number of aryl methyl sites for hydroxylation is 1. The Morgan fingerprint density at radius 2 is 1.83 bits per heavy atom. The van der Waals surface area contributed by atoms with Crippen molar-refractivity contribution >= 4 is 22.0 Å². The van der Waals surface area contributed by atoms with Crippen molar-refractivity contribution in [2.24, 2.45) is 0 Å². The van der Waals surface area contributed by atoms with Gasteiger partial charge in [-0.3, -0.25) is 0 Å². The molecular weight excluding hydrogens is 438 g/mol. The van der Waals surface area contributed by atoms with Gasteiger partial charge in [0.15, 0.2) is 0 Å². The largest absolute Gasteiger partial charge is 0.444 e. The molecule has 4 heteroatoms. The third kappa shape index (κ3) is 7.02. The fraction of sp³-hybridized carbons (Fsp3) is 0.423. The van der Waals surface area contributed by atoms with E-state index in [1.165, 1.54) is 22.3 Å². The van der Waals surface area contributed by atoms with E-state index in [-0.39, 0.29) is 12.1 Å². The van der Waals surface area contributed by atoms with Crippen LogP contribution in [0.3, 0.4) is 0 Å². The average molecular weight is 470 g/mol. The van der Waals surface area contributed by atoms with Crippen LogP contribution in [0.5, 0.6) is 0 Å². The zero-order valence-corrected chi connectivity index (χ0v) is 19.8. The molecule has 0 aromatic heterocycles. The van der Waals surface area contributed by atoms with Gasteiger partial charge in [-0.05, 0) is 88.1 Å². The predicted molar refractivity (Wildman–Crippen MR) is 127 cm³/mol. The van der Waals surface area contributed by atoms with Gasteiger partial charge in [-0.15, -0.1) is 0 Å². The highest BCUT2D eigenvalue weighted by molar-refractivity contribution is 9.10. The van der Waals surface area contributed by atoms with Gasteiger partial charge in [0.2, 0.25) is 0 Å². The number of rotatable bonds is 3. The number of alkyl carbamates (subject to hydrolysis) is 1. The van der Waals surface area contributed by atoms with Gasteiger partial charge in [0.1, 0.15) is 5.60 Å². The van der Waals surface area contributed by atoms with Gasteiger partial charge in [-0.2, -0.15) is 0 Å². The quantitative estimate of drug-likeness (QED) is 0.478. The molecule has 0 saturated heterocycles. The highest BCUT2D eigenvalue weighted by Crippen LogP contribution is 2.28. The van der Waals surface area contributed by atoms with Crippen molar-refractivity contribution in [3.8, 4) is 0 Å². The van der Waals surface area contributed by atoms with Crippen LogP contribution >= 0.6 is 15.9 Å². The summed E-state index contributed by atoms with van der Waals surface area (Å²) in [6, 6.07) is 17.0. The number of ether oxygens (including phenoxy) is 1. The molecule has 0 spiro atoms. The molecule has 160 valence electrons. The maximum absolute atomic E-state index is 12.5. The molecule has 2 aromatic carbocycles. The van der Waals surface area contributed by atoms with E-state index in [2.05, 4.69) is 75.9 Å². The number of hydrogen-bond acceptors (Lipinski definition) is 2. The number of fused-ring (bicyclic) bond motifs is 1. The summed E-state index contributed by atoms with van der Waals surface area (Å²) in [6.45, 7) is 5.68. The Hall–Kier alpha value is -2.07. The van der Waals surface area contributed by atoms with Crippen molar-refractivity contribution in [1.82, 2.24) is 5.32 Å². The van der Waals surface area contributed by atoms with Crippen LogP contribution in [0, 0.1) is 0 Å². The Morgan fingerprint density at radius 3 is 2.57 bits per heavy atom. The van der Waals surface area contributed by atoms with Gasteiger partial charge < -0.3 is 10.1 Å². The van der Waals surface area contributed by atoms with Crippen LogP contribution in [0.2, 0.25) is 0 Å². The number of halogens is 1. The minimum absolute atomic E-state index is 0.0423. The third-order valence-corrected chi connectivity index (χ3v) is 5.83. The maximum Gasteiger partial charge on any atom is 0.408 e. The summed E-state index contributed by atoms with van der Waals surface area (Å²) in [4.78, 5) is 12.5. The first-order valence-electron chi connectivity index (χ1n) is 10.8. The molecule has 0 radical (unpaired) electrons. The second-order valence-corrected chi connectivity index (χ2v) is 9.91. The summed E-state index contributed by atoms with van der Waals surface area (Å²) in [5.41, 5.74) is 4.85. The van der Waals surface area contributed by atoms with Gasteiger partial charge in [0, 0.05) is 4.47 Å². The summed E-state index contributed by atoms with van der Waals surface area (Å²) >= 11 is 3.51. The van der Waals surface area contributed by atoms with Gasteiger partial charge in [-0.25, -0.2) is 4.79 Å². The Kier molecular flexibility index (Phi) is 7.76. The van der Waals surface area contributed by atoms with E-state index in [4.69, 9.17) is 4.74 Å². The Morgan fingerprint density at radius 1 is 1.10 bits per heavy atom. The molecule has 0 unspecified atom stereocenters. The predicted octanol–water partition coefficient (Wildman–Crippen LogP) is 7.30. The molecule has 0 bridgehead atoms. The standard InChI is InChI=1S/C26H32BrNO2/c1-26(2,3)30-25(29)28-24-13-7-9-19(18-20-14-16-22(27)17-15-20)8-6-11-21-10-4-5-12-23(21)24/h4-5,9-10,12,14-17,24H,6-8,11,13,18H2,1-3H3,(H,28,29)/b19-9+/t24-/m0/s1. The van der Waals surface area contributed by atoms with Crippen LogP contribution in [-0.2, 0) is 17.6 Å². The molecule has 0 saturated carbocycles. The second kappa shape index (κ2) is 10.3. The van der Waals surface area contributed by atoms with Crippen LogP contribution in [-0.4, -0.2) is 11.7 Å². The first-order valence-corrected chi connectivity index (χ1v) is 11.6. The zero-order valence-electron chi connectivity index (χ0n) is 18.2. The molecule has 0 aliphatic heterocycles. The van der Waals surface area contributed by atoms with Gasteiger partial charge in [0.05, 0.1) is 6.04 Å². The van der Waals surface area contributed by atoms with E-state index in [1.807, 2.05) is 20.8 Å². The van der Waals surface area contributed by atoms with Gasteiger partial charge in [0.25, 0.3) is 0 Å². The summed E-state index contributed by atoms with van der Waals surface area (Å²) in [6.07, 6.45) is 8.03. The maximum atomic E-state index is 12.5. The minimum atomic E-state index is -0.503. The van der Waals surface area contributed by atoms with Crippen molar-refractivity contribution in [1.29, 1.82) is 0 Å². The van der Waals surface area contributed by atoms with E-state index in [1.54, 1.807) is 0 Å². The van der Waals surface area contributed by atoms with E-state index in [0.29, 0.717) is 0 Å². The third-order valence-electron chi connectivity index (χ3n) is 5.30. The van der Waals surface area contributed by atoms with Crippen LogP contribution in [0.4, 0.5) is 4.79 Å². The summed E-state index contributed by atoms with van der Waals surface area (Å²) < 4.78 is 6.63. The molecule has 0 heterocycles. The molecule has 3 rings (SSSR count). The zero-order chi connectivity index (χ0) is 21.6. The van der Waals surface area contributed by atoms with Crippen LogP contribution < -0.4 is 5.32 Å². The molecule has 1 aliphatic rings. The van der Waals surface area contributed by atoms with E-state index in [9.17, 15) is 4.79 Å². The normalized spacial score (nSPS) is 19.2. The van der Waals surface area contributed by atoms with Crippen molar-refractivity contribution in [3.63, 3.8) is 0 Å². The second-order valence-electron chi connectivity index (χ2n) is 8.99. The summed E-state index contributed by atoms with van der Waals surface area (Å²) in [5, 5.41) is 3.12. The molecule has 1 atom stereocenters. The topological polar surface area (TPSA) is 38.3 Å². The number of carbonyl (C=O) groups is 1. The lowest BCUT2D eigenvalue weighted by Gasteiger charge is -2.26. The highest BCUT2D eigenvalue weighted by Gasteiger charge is 2.22. The van der Waals surface area contributed by atoms with Gasteiger partial charge >= 0.3 is 6.09 Å². The lowest BCUT2D eigenvalue weighted by atomic mass is 9.90. The number of amides is 1. The SMILES string of the molecule is CC(C)(C)OC(=O)N[C@H]1CC/C=C(/Cc2ccc(Br)cc2)CCCc2ccccc21. The fourth-order valence-corrected chi connectivity index (χ4v) is 4.21. The van der Waals surface area contributed by atoms with Crippen LogP contribution in [0.25, 0.3) is 0 Å². The molecule has 0 fully saturated rings. The van der Waals surface area contributed by atoms with Crippen LogP contribution in [0.15, 0.2) is 64.7 Å². The van der Waals surface area contributed by atoms with Crippen molar-refractivity contribution in [3.05, 3.63) is 81.3 Å². The molecule has 1 amide bonds. The Balaban J connectivity index is 1.76. The molecule has 1 aliphatic carbocycles. The molecule has 30 heavy (non-hydrogen) atoms. The minimum Gasteiger partial charge on any atom is -0.444 e. The number of carbonyl (C=O) groups excluding carboxylic acids is 1. The van der Waals surface area contributed by atoms with Crippen molar-refractivity contribution in [2.45, 2.75) is 70.9 Å². The van der Waals surface area contributed by atoms with Crippen molar-refractivity contribution < 1.29 is 9.53 Å². The fourth-order valence-electron chi connectivity index (χ4n) is 3.94. The number of nitrogens with one attached hydrogen (secondary N) is 1. The highest BCUT2D eigenvalue weighted by atomic mass is 79.9. The molecular formula is C26H32BrNO2. The molecule has 1 N–H and O–H groups in total. The van der Waals surface area contributed by atoms with Gasteiger partial charge in [-0.1, -0.05) is 64.0 Å². The first kappa shape index (κ1) is 22.6. The number of allylic oxidation sites excluding steroid dienone is 2. The summed E-state index contributed by atoms with van der Waals surface area (Å²) in [7, 11) is 0. The Bertz CT molecular complexity index is 881. The van der Waals surface area contributed by atoms with Crippen LogP contribution in [0.1, 0.15) is 69.2 Å².